The second-order valence-corrected chi connectivity index (χ2v) is 8.81. The van der Waals surface area contributed by atoms with Crippen molar-refractivity contribution in [1.29, 1.82) is 0 Å². The molecule has 0 spiro atoms. The number of rotatable bonds is 5. The summed E-state index contributed by atoms with van der Waals surface area (Å²) >= 11 is 7.43. The molecule has 0 saturated heterocycles. The van der Waals surface area contributed by atoms with E-state index < -0.39 is 11.9 Å². The summed E-state index contributed by atoms with van der Waals surface area (Å²) < 4.78 is 16.9. The van der Waals surface area contributed by atoms with Crippen molar-refractivity contribution in [1.82, 2.24) is 10.2 Å². The summed E-state index contributed by atoms with van der Waals surface area (Å²) in [5.74, 6) is 0.509. The van der Waals surface area contributed by atoms with Crippen LogP contribution in [0.3, 0.4) is 0 Å². The van der Waals surface area contributed by atoms with Gasteiger partial charge in [-0.3, -0.25) is 14.5 Å². The Balaban J connectivity index is 1.84. The summed E-state index contributed by atoms with van der Waals surface area (Å²) in [6.07, 6.45) is 0.666. The molecule has 1 aliphatic rings. The van der Waals surface area contributed by atoms with E-state index in [2.05, 4.69) is 10.2 Å². The largest absolute Gasteiger partial charge is 0.497 e. The van der Waals surface area contributed by atoms with E-state index in [9.17, 15) is 9.59 Å². The number of halogens is 1. The molecule has 0 radical (unpaired) electrons. The lowest BCUT2D eigenvalue weighted by Gasteiger charge is -2.24. The molecule has 5 rings (SSSR count). The zero-order valence-electron chi connectivity index (χ0n) is 17.9. The standard InChI is InChI=1S/C23H18ClN3O5S/c1-4-17-25-26-23(33-17)27-19(13-10-12(30-2)6-8-15(13)31-3)18-20(28)14-9-11(24)5-7-16(14)32-21(18)22(27)29/h5-10,19H,4H2,1-3H3. The second kappa shape index (κ2) is 8.17. The first kappa shape index (κ1) is 21.4. The van der Waals surface area contributed by atoms with E-state index in [0.29, 0.717) is 33.6 Å². The third kappa shape index (κ3) is 3.35. The third-order valence-electron chi connectivity index (χ3n) is 5.53. The maximum atomic E-state index is 13.7. The van der Waals surface area contributed by atoms with Gasteiger partial charge in [0.2, 0.25) is 10.9 Å². The number of ether oxygens (including phenoxy) is 2. The highest BCUT2D eigenvalue weighted by atomic mass is 35.5. The number of hydrogen-bond acceptors (Lipinski definition) is 8. The average molecular weight is 484 g/mol. The van der Waals surface area contributed by atoms with Gasteiger partial charge in [0, 0.05) is 10.6 Å². The van der Waals surface area contributed by atoms with Crippen molar-refractivity contribution in [2.75, 3.05) is 19.1 Å². The molecule has 1 aliphatic heterocycles. The van der Waals surface area contributed by atoms with Crippen molar-refractivity contribution in [3.05, 3.63) is 73.5 Å². The van der Waals surface area contributed by atoms with E-state index in [4.69, 9.17) is 25.5 Å². The van der Waals surface area contributed by atoms with Crippen molar-refractivity contribution >= 4 is 44.9 Å². The predicted octanol–water partition coefficient (Wildman–Crippen LogP) is 4.63. The van der Waals surface area contributed by atoms with Gasteiger partial charge < -0.3 is 13.9 Å². The number of aryl methyl sites for hydroxylation is 1. The van der Waals surface area contributed by atoms with Gasteiger partial charge in [-0.1, -0.05) is 29.9 Å². The summed E-state index contributed by atoms with van der Waals surface area (Å²) in [5.41, 5.74) is 0.682. The Kier molecular flexibility index (Phi) is 5.30. The van der Waals surface area contributed by atoms with Gasteiger partial charge in [-0.15, -0.1) is 10.2 Å². The Bertz CT molecular complexity index is 1460. The SMILES string of the molecule is CCc1nnc(N2C(=O)c3oc4ccc(Cl)cc4c(=O)c3C2c2cc(OC)ccc2OC)s1. The molecule has 0 bridgehead atoms. The molecule has 0 fully saturated rings. The smallest absolute Gasteiger partial charge is 0.297 e. The van der Waals surface area contributed by atoms with Crippen LogP contribution in [-0.2, 0) is 6.42 Å². The number of carbonyl (C=O) groups excluding carboxylic acids is 1. The van der Waals surface area contributed by atoms with Crippen molar-refractivity contribution in [3.8, 4) is 11.5 Å². The Labute approximate surface area is 197 Å². The van der Waals surface area contributed by atoms with Crippen LogP contribution < -0.4 is 19.8 Å². The molecule has 1 unspecified atom stereocenters. The lowest BCUT2D eigenvalue weighted by Crippen LogP contribution is -2.29. The van der Waals surface area contributed by atoms with Crippen LogP contribution in [0.4, 0.5) is 5.13 Å². The van der Waals surface area contributed by atoms with Crippen LogP contribution in [0.15, 0.2) is 45.6 Å². The maximum absolute atomic E-state index is 13.7. The first-order chi connectivity index (χ1) is 16.0. The third-order valence-corrected chi connectivity index (χ3v) is 6.83. The van der Waals surface area contributed by atoms with Crippen molar-refractivity contribution in [2.24, 2.45) is 0 Å². The highest BCUT2D eigenvalue weighted by Crippen LogP contribution is 2.45. The fourth-order valence-electron chi connectivity index (χ4n) is 3.97. The number of methoxy groups -OCH3 is 2. The Morgan fingerprint density at radius 2 is 1.94 bits per heavy atom. The zero-order valence-corrected chi connectivity index (χ0v) is 19.5. The summed E-state index contributed by atoms with van der Waals surface area (Å²) in [5, 5.41) is 10.2. The average Bonchev–Trinajstić information content (AvgIpc) is 3.41. The number of nitrogens with zero attached hydrogens (tertiary/aromatic N) is 3. The number of benzene rings is 2. The minimum absolute atomic E-state index is 0.0436. The molecular weight excluding hydrogens is 466 g/mol. The molecular formula is C23H18ClN3O5S. The lowest BCUT2D eigenvalue weighted by atomic mass is 9.97. The van der Waals surface area contributed by atoms with Gasteiger partial charge in [0.05, 0.1) is 25.2 Å². The van der Waals surface area contributed by atoms with Crippen LogP contribution in [0.25, 0.3) is 11.0 Å². The van der Waals surface area contributed by atoms with Crippen LogP contribution in [0.1, 0.15) is 39.7 Å². The Hall–Kier alpha value is -3.43. The number of anilines is 1. The minimum Gasteiger partial charge on any atom is -0.497 e. The van der Waals surface area contributed by atoms with Gasteiger partial charge in [0.15, 0.2) is 5.43 Å². The highest BCUT2D eigenvalue weighted by molar-refractivity contribution is 7.15. The first-order valence-electron chi connectivity index (χ1n) is 10.1. The topological polar surface area (TPSA) is 94.8 Å². The number of hydrogen-bond donors (Lipinski definition) is 0. The van der Waals surface area contributed by atoms with Crippen LogP contribution >= 0.6 is 22.9 Å². The molecule has 2 aromatic heterocycles. The molecule has 168 valence electrons. The number of carbonyl (C=O) groups is 1. The number of amides is 1. The number of fused-ring (bicyclic) bond motifs is 2. The van der Waals surface area contributed by atoms with E-state index in [0.717, 1.165) is 5.01 Å². The Morgan fingerprint density at radius 1 is 1.12 bits per heavy atom. The van der Waals surface area contributed by atoms with Crippen molar-refractivity contribution in [3.63, 3.8) is 0 Å². The summed E-state index contributed by atoms with van der Waals surface area (Å²) in [7, 11) is 3.06. The van der Waals surface area contributed by atoms with Crippen LogP contribution in [0.2, 0.25) is 5.02 Å². The molecule has 0 aliphatic carbocycles. The number of aromatic nitrogens is 2. The van der Waals surface area contributed by atoms with Crippen LogP contribution in [-0.4, -0.2) is 30.3 Å². The fraction of sp³-hybridized carbons (Fsp3) is 0.217. The van der Waals surface area contributed by atoms with Crippen LogP contribution in [0.5, 0.6) is 11.5 Å². The highest BCUT2D eigenvalue weighted by Gasteiger charge is 2.46. The van der Waals surface area contributed by atoms with E-state index in [1.807, 2.05) is 6.92 Å². The normalized spacial score (nSPS) is 15.2. The summed E-state index contributed by atoms with van der Waals surface area (Å²) in [6, 6.07) is 9.08. The quantitative estimate of drug-likeness (QED) is 0.408. The minimum atomic E-state index is -0.852. The van der Waals surface area contributed by atoms with Gasteiger partial charge in [0.1, 0.15) is 28.1 Å². The van der Waals surface area contributed by atoms with E-state index >= 15 is 0 Å². The lowest BCUT2D eigenvalue weighted by molar-refractivity contribution is 0.0970. The van der Waals surface area contributed by atoms with E-state index in [1.54, 1.807) is 37.4 Å². The van der Waals surface area contributed by atoms with Gasteiger partial charge in [-0.2, -0.15) is 0 Å². The fourth-order valence-corrected chi connectivity index (χ4v) is 4.95. The predicted molar refractivity (Wildman–Crippen MR) is 125 cm³/mol. The monoisotopic (exact) mass is 483 g/mol. The maximum Gasteiger partial charge on any atom is 0.297 e. The molecule has 10 heteroatoms. The second-order valence-electron chi connectivity index (χ2n) is 7.33. The van der Waals surface area contributed by atoms with Gasteiger partial charge in [0.25, 0.3) is 5.91 Å². The summed E-state index contributed by atoms with van der Waals surface area (Å²) in [6.45, 7) is 1.95. The van der Waals surface area contributed by atoms with Gasteiger partial charge >= 0.3 is 0 Å². The van der Waals surface area contributed by atoms with Gasteiger partial charge in [-0.25, -0.2) is 0 Å². The molecule has 2 aromatic carbocycles. The summed E-state index contributed by atoms with van der Waals surface area (Å²) in [4.78, 5) is 28.8. The van der Waals surface area contributed by atoms with Crippen molar-refractivity contribution in [2.45, 2.75) is 19.4 Å². The van der Waals surface area contributed by atoms with Crippen LogP contribution in [0, 0.1) is 0 Å². The molecule has 4 aromatic rings. The molecule has 1 atom stereocenters. The molecule has 8 nitrogen and oxygen atoms in total. The molecule has 1 amide bonds. The zero-order chi connectivity index (χ0) is 23.3. The van der Waals surface area contributed by atoms with Crippen molar-refractivity contribution < 1.29 is 18.7 Å². The molecule has 3 heterocycles. The molecule has 0 N–H and O–H groups in total. The first-order valence-corrected chi connectivity index (χ1v) is 11.3. The van der Waals surface area contributed by atoms with Gasteiger partial charge in [-0.05, 0) is 42.8 Å². The molecule has 33 heavy (non-hydrogen) atoms. The molecule has 0 saturated carbocycles. The van der Waals surface area contributed by atoms with E-state index in [1.165, 1.54) is 29.4 Å². The van der Waals surface area contributed by atoms with E-state index in [-0.39, 0.29) is 27.7 Å². The Morgan fingerprint density at radius 3 is 2.64 bits per heavy atom.